The highest BCUT2D eigenvalue weighted by Crippen LogP contribution is 2.32. The average Bonchev–Trinajstić information content (AvgIpc) is 3.15. The van der Waals surface area contributed by atoms with Gasteiger partial charge in [0.1, 0.15) is 11.5 Å². The first-order valence-electron chi connectivity index (χ1n) is 11.2. The molecule has 37 heavy (non-hydrogen) atoms. The molecule has 194 valence electrons. The zero-order valence-electron chi connectivity index (χ0n) is 19.3. The standard InChI is InChI=1S/C24H20ClF3N4O5/c1-30-20-19(21(34)32(23(30)35)15-9-16(33)10-15)31(12-13-5-7-14(25)8-6-13)22(29-20)36-17-3-2-4-18(11-17)37-24(26,27)28/h2-8,11,15-16,33H,9-10,12H2,1H3. The summed E-state index contributed by atoms with van der Waals surface area (Å²) in [4.78, 5) is 30.9. The van der Waals surface area contributed by atoms with Gasteiger partial charge in [0.05, 0.1) is 12.6 Å². The summed E-state index contributed by atoms with van der Waals surface area (Å²) >= 11 is 5.99. The molecule has 0 aliphatic heterocycles. The van der Waals surface area contributed by atoms with Crippen LogP contribution >= 0.6 is 11.6 Å². The third-order valence-electron chi connectivity index (χ3n) is 6.10. The molecule has 0 saturated heterocycles. The van der Waals surface area contributed by atoms with E-state index in [9.17, 15) is 27.9 Å². The third kappa shape index (κ3) is 4.94. The van der Waals surface area contributed by atoms with Gasteiger partial charge in [0.25, 0.3) is 5.56 Å². The lowest BCUT2D eigenvalue weighted by Gasteiger charge is -2.32. The van der Waals surface area contributed by atoms with Crippen LogP contribution in [0.25, 0.3) is 11.2 Å². The van der Waals surface area contributed by atoms with E-state index in [0.717, 1.165) is 22.3 Å². The van der Waals surface area contributed by atoms with E-state index in [0.29, 0.717) is 5.02 Å². The third-order valence-corrected chi connectivity index (χ3v) is 6.35. The predicted molar refractivity (Wildman–Crippen MR) is 127 cm³/mol. The lowest BCUT2D eigenvalue weighted by molar-refractivity contribution is -0.274. The highest BCUT2D eigenvalue weighted by molar-refractivity contribution is 6.30. The zero-order chi connectivity index (χ0) is 26.5. The van der Waals surface area contributed by atoms with Crippen LogP contribution in [-0.2, 0) is 13.6 Å². The minimum atomic E-state index is -4.89. The van der Waals surface area contributed by atoms with E-state index in [1.165, 1.54) is 28.3 Å². The first-order valence-corrected chi connectivity index (χ1v) is 11.6. The Bertz CT molecular complexity index is 1590. The van der Waals surface area contributed by atoms with E-state index in [-0.39, 0.29) is 42.3 Å². The second kappa shape index (κ2) is 9.27. The number of benzene rings is 2. The maximum absolute atomic E-state index is 13.6. The number of imidazole rings is 1. The molecule has 1 N–H and O–H groups in total. The Morgan fingerprint density at radius 3 is 2.43 bits per heavy atom. The Balaban J connectivity index is 1.65. The molecule has 0 amide bonds. The number of hydrogen-bond acceptors (Lipinski definition) is 6. The Morgan fingerprint density at radius 1 is 1.11 bits per heavy atom. The molecule has 13 heteroatoms. The summed E-state index contributed by atoms with van der Waals surface area (Å²) in [5.74, 6) is -0.523. The molecule has 1 aliphatic rings. The minimum Gasteiger partial charge on any atom is -0.425 e. The quantitative estimate of drug-likeness (QED) is 0.400. The number of aromatic nitrogens is 4. The molecule has 2 aromatic carbocycles. The van der Waals surface area contributed by atoms with Crippen molar-refractivity contribution in [2.75, 3.05) is 0 Å². The number of fused-ring (bicyclic) bond motifs is 1. The number of alkyl halides is 3. The number of rotatable bonds is 6. The Morgan fingerprint density at radius 2 is 1.78 bits per heavy atom. The van der Waals surface area contributed by atoms with Crippen LogP contribution in [0.2, 0.25) is 5.02 Å². The van der Waals surface area contributed by atoms with Gasteiger partial charge in [-0.05, 0) is 42.7 Å². The van der Waals surface area contributed by atoms with E-state index in [1.807, 2.05) is 0 Å². The molecule has 2 aromatic heterocycles. The van der Waals surface area contributed by atoms with Gasteiger partial charge in [-0.2, -0.15) is 4.98 Å². The second-order valence-electron chi connectivity index (χ2n) is 8.70. The Hall–Kier alpha value is -3.77. The van der Waals surface area contributed by atoms with Crippen LogP contribution in [0.4, 0.5) is 13.2 Å². The first-order chi connectivity index (χ1) is 17.5. The number of halogens is 4. The monoisotopic (exact) mass is 536 g/mol. The summed E-state index contributed by atoms with van der Waals surface area (Å²) < 4.78 is 51.6. The number of hydrogen-bond donors (Lipinski definition) is 1. The van der Waals surface area contributed by atoms with Gasteiger partial charge in [0.15, 0.2) is 11.2 Å². The zero-order valence-corrected chi connectivity index (χ0v) is 20.0. The molecule has 2 heterocycles. The normalized spacial score (nSPS) is 17.6. The van der Waals surface area contributed by atoms with E-state index in [1.54, 1.807) is 24.3 Å². The molecule has 9 nitrogen and oxygen atoms in total. The molecule has 1 aliphatic carbocycles. The SMILES string of the molecule is Cn1c(=O)n(C2CC(O)C2)c(=O)c2c1nc(Oc1cccc(OC(F)(F)F)c1)n2Cc1ccc(Cl)cc1. The fourth-order valence-electron chi connectivity index (χ4n) is 4.25. The Labute approximate surface area is 211 Å². The number of aliphatic hydroxyl groups is 1. The van der Waals surface area contributed by atoms with Gasteiger partial charge in [-0.15, -0.1) is 13.2 Å². The highest BCUT2D eigenvalue weighted by Gasteiger charge is 2.34. The number of aliphatic hydroxyl groups excluding tert-OH is 1. The van der Waals surface area contributed by atoms with Crippen LogP contribution in [0, 0.1) is 0 Å². The largest absolute Gasteiger partial charge is 0.573 e. The van der Waals surface area contributed by atoms with Crippen LogP contribution in [0.5, 0.6) is 17.5 Å². The van der Waals surface area contributed by atoms with E-state index < -0.39 is 35.5 Å². The molecule has 0 spiro atoms. The van der Waals surface area contributed by atoms with Crippen molar-refractivity contribution in [3.8, 4) is 17.5 Å². The summed E-state index contributed by atoms with van der Waals surface area (Å²) in [6.45, 7) is 0.0858. The molecular weight excluding hydrogens is 517 g/mol. The topological polar surface area (TPSA) is 101 Å². The predicted octanol–water partition coefficient (Wildman–Crippen LogP) is 3.99. The van der Waals surface area contributed by atoms with Gasteiger partial charge in [0.2, 0.25) is 0 Å². The summed E-state index contributed by atoms with van der Waals surface area (Å²) in [6.07, 6.45) is -4.96. The van der Waals surface area contributed by atoms with Crippen molar-refractivity contribution in [2.24, 2.45) is 7.05 Å². The van der Waals surface area contributed by atoms with E-state index in [2.05, 4.69) is 9.72 Å². The van der Waals surface area contributed by atoms with Crippen molar-refractivity contribution in [1.29, 1.82) is 0 Å². The van der Waals surface area contributed by atoms with Crippen molar-refractivity contribution in [2.45, 2.75) is 37.9 Å². The summed E-state index contributed by atoms with van der Waals surface area (Å²) in [6, 6.07) is 11.1. The molecular formula is C24H20ClF3N4O5. The highest BCUT2D eigenvalue weighted by atomic mass is 35.5. The molecule has 0 unspecified atom stereocenters. The summed E-state index contributed by atoms with van der Waals surface area (Å²) in [5.41, 5.74) is -0.381. The Kier molecular flexibility index (Phi) is 6.24. The fourth-order valence-corrected chi connectivity index (χ4v) is 4.37. The van der Waals surface area contributed by atoms with Gasteiger partial charge in [-0.1, -0.05) is 29.8 Å². The van der Waals surface area contributed by atoms with E-state index in [4.69, 9.17) is 16.3 Å². The average molecular weight is 537 g/mol. The number of ether oxygens (including phenoxy) is 2. The second-order valence-corrected chi connectivity index (χ2v) is 9.14. The summed E-state index contributed by atoms with van der Waals surface area (Å²) in [5, 5.41) is 10.2. The molecule has 5 rings (SSSR count). The lowest BCUT2D eigenvalue weighted by atomic mass is 9.89. The molecule has 0 atom stereocenters. The molecule has 1 fully saturated rings. The van der Waals surface area contributed by atoms with Crippen LogP contribution in [0.15, 0.2) is 58.1 Å². The number of nitrogens with zero attached hydrogens (tertiary/aromatic N) is 4. The van der Waals surface area contributed by atoms with Crippen LogP contribution in [0.1, 0.15) is 24.4 Å². The van der Waals surface area contributed by atoms with Crippen molar-refractivity contribution in [3.05, 3.63) is 80.0 Å². The molecule has 0 radical (unpaired) electrons. The fraction of sp³-hybridized carbons (Fsp3) is 0.292. The number of aryl methyl sites for hydroxylation is 1. The van der Waals surface area contributed by atoms with Crippen molar-refractivity contribution >= 4 is 22.8 Å². The maximum atomic E-state index is 13.6. The molecule has 1 saturated carbocycles. The van der Waals surface area contributed by atoms with Gasteiger partial charge in [-0.3, -0.25) is 18.5 Å². The van der Waals surface area contributed by atoms with Gasteiger partial charge in [-0.25, -0.2) is 4.79 Å². The van der Waals surface area contributed by atoms with Crippen LogP contribution < -0.4 is 20.7 Å². The molecule has 0 bridgehead atoms. The van der Waals surface area contributed by atoms with Crippen molar-refractivity contribution in [1.82, 2.24) is 18.7 Å². The van der Waals surface area contributed by atoms with Gasteiger partial charge >= 0.3 is 18.1 Å². The lowest BCUT2D eigenvalue weighted by Crippen LogP contribution is -2.47. The minimum absolute atomic E-state index is 0.0261. The van der Waals surface area contributed by atoms with Gasteiger partial charge < -0.3 is 14.6 Å². The molecule has 4 aromatic rings. The van der Waals surface area contributed by atoms with Crippen molar-refractivity contribution < 1.29 is 27.8 Å². The van der Waals surface area contributed by atoms with E-state index >= 15 is 0 Å². The van der Waals surface area contributed by atoms with Crippen LogP contribution in [-0.4, -0.2) is 36.3 Å². The first kappa shape index (κ1) is 24.9. The van der Waals surface area contributed by atoms with Crippen molar-refractivity contribution in [3.63, 3.8) is 0 Å². The maximum Gasteiger partial charge on any atom is 0.573 e. The smallest absolute Gasteiger partial charge is 0.425 e. The summed E-state index contributed by atoms with van der Waals surface area (Å²) in [7, 11) is 1.46. The van der Waals surface area contributed by atoms with Gasteiger partial charge in [0, 0.05) is 24.2 Å². The van der Waals surface area contributed by atoms with Crippen LogP contribution in [0.3, 0.4) is 0 Å².